The lowest BCUT2D eigenvalue weighted by atomic mass is 9.84. The Bertz CT molecular complexity index is 412. The summed E-state index contributed by atoms with van der Waals surface area (Å²) >= 11 is 0. The molecule has 0 spiro atoms. The summed E-state index contributed by atoms with van der Waals surface area (Å²) in [6.45, 7) is 9.68. The predicted octanol–water partition coefficient (Wildman–Crippen LogP) is 3.41. The molecule has 1 aromatic carbocycles. The van der Waals surface area contributed by atoms with E-state index in [2.05, 4.69) is 45.1 Å². The first-order chi connectivity index (χ1) is 8.06. The maximum atomic E-state index is 5.95. The summed E-state index contributed by atoms with van der Waals surface area (Å²) in [6, 6.07) is 4.85. The maximum Gasteiger partial charge on any atom is 0.127 e. The van der Waals surface area contributed by atoms with Crippen molar-refractivity contribution in [1.82, 2.24) is 5.32 Å². The average molecular weight is 233 g/mol. The van der Waals surface area contributed by atoms with Gasteiger partial charge in [-0.3, -0.25) is 0 Å². The Labute approximate surface area is 104 Å². The summed E-state index contributed by atoms with van der Waals surface area (Å²) in [5.74, 6) is 2.16. The van der Waals surface area contributed by atoms with E-state index >= 15 is 0 Å². The van der Waals surface area contributed by atoms with Crippen molar-refractivity contribution < 1.29 is 4.74 Å². The van der Waals surface area contributed by atoms with Crippen LogP contribution in [0, 0.1) is 12.8 Å². The molecule has 0 radical (unpaired) electrons. The fraction of sp³-hybridized carbons (Fsp3) is 0.600. The molecular weight excluding hydrogens is 210 g/mol. The van der Waals surface area contributed by atoms with E-state index in [9.17, 15) is 0 Å². The van der Waals surface area contributed by atoms with Gasteiger partial charge in [0.05, 0.1) is 6.61 Å². The van der Waals surface area contributed by atoms with Crippen LogP contribution in [0.5, 0.6) is 5.75 Å². The lowest BCUT2D eigenvalue weighted by Crippen LogP contribution is -2.33. The topological polar surface area (TPSA) is 21.3 Å². The molecule has 2 nitrogen and oxygen atoms in total. The largest absolute Gasteiger partial charge is 0.493 e. The van der Waals surface area contributed by atoms with Gasteiger partial charge in [0.25, 0.3) is 0 Å². The third-order valence-electron chi connectivity index (χ3n) is 3.73. The van der Waals surface area contributed by atoms with Gasteiger partial charge in [-0.1, -0.05) is 32.9 Å². The van der Waals surface area contributed by atoms with E-state index in [1.165, 1.54) is 16.7 Å². The molecule has 2 heteroatoms. The second-order valence-corrected chi connectivity index (χ2v) is 5.42. The van der Waals surface area contributed by atoms with Crippen LogP contribution in [0.15, 0.2) is 12.1 Å². The summed E-state index contributed by atoms with van der Waals surface area (Å²) < 4.78 is 5.95. The van der Waals surface area contributed by atoms with Gasteiger partial charge in [-0.25, -0.2) is 0 Å². The highest BCUT2D eigenvalue weighted by atomic mass is 16.5. The van der Waals surface area contributed by atoms with Gasteiger partial charge in [-0.05, 0) is 31.0 Å². The first kappa shape index (κ1) is 12.4. The number of hydrogen-bond donors (Lipinski definition) is 1. The molecule has 1 aromatic rings. The third-order valence-corrected chi connectivity index (χ3v) is 3.73. The molecule has 1 heterocycles. The highest BCUT2D eigenvalue weighted by Crippen LogP contribution is 2.41. The van der Waals surface area contributed by atoms with Gasteiger partial charge in [-0.15, -0.1) is 0 Å². The minimum Gasteiger partial charge on any atom is -0.493 e. The van der Waals surface area contributed by atoms with E-state index in [0.717, 1.165) is 12.4 Å². The van der Waals surface area contributed by atoms with Crippen LogP contribution in [0.1, 0.15) is 49.4 Å². The first-order valence-electron chi connectivity index (χ1n) is 6.49. The van der Waals surface area contributed by atoms with Crippen molar-refractivity contribution in [2.24, 2.45) is 5.92 Å². The minimum absolute atomic E-state index is 0.413. The molecule has 0 aliphatic carbocycles. The van der Waals surface area contributed by atoms with Crippen molar-refractivity contribution in [2.45, 2.75) is 39.7 Å². The molecule has 0 saturated heterocycles. The monoisotopic (exact) mass is 233 g/mol. The second kappa shape index (κ2) is 4.69. The SMILES string of the molecule is CNC1c2c(C(C)C)ccc(C)c2OCC1C. The van der Waals surface area contributed by atoms with Crippen LogP contribution in [-0.2, 0) is 0 Å². The number of rotatable bonds is 2. The summed E-state index contributed by atoms with van der Waals surface area (Å²) in [5, 5.41) is 3.45. The van der Waals surface area contributed by atoms with Crippen LogP contribution < -0.4 is 10.1 Å². The van der Waals surface area contributed by atoms with Gasteiger partial charge in [0.15, 0.2) is 0 Å². The van der Waals surface area contributed by atoms with Crippen LogP contribution in [0.2, 0.25) is 0 Å². The quantitative estimate of drug-likeness (QED) is 0.845. The first-order valence-corrected chi connectivity index (χ1v) is 6.49. The zero-order chi connectivity index (χ0) is 12.6. The van der Waals surface area contributed by atoms with Gasteiger partial charge in [-0.2, -0.15) is 0 Å². The molecule has 0 amide bonds. The standard InChI is InChI=1S/C15H23NO/c1-9(2)12-7-6-10(3)15-13(12)14(16-5)11(4)8-17-15/h6-7,9,11,14,16H,8H2,1-5H3. The van der Waals surface area contributed by atoms with E-state index < -0.39 is 0 Å². The van der Waals surface area contributed by atoms with Gasteiger partial charge in [0.2, 0.25) is 0 Å². The maximum absolute atomic E-state index is 5.95. The van der Waals surface area contributed by atoms with E-state index in [1.807, 2.05) is 7.05 Å². The molecule has 2 unspecified atom stereocenters. The minimum atomic E-state index is 0.413. The van der Waals surface area contributed by atoms with Crippen molar-refractivity contribution in [3.05, 3.63) is 28.8 Å². The van der Waals surface area contributed by atoms with Gasteiger partial charge in [0, 0.05) is 17.5 Å². The Morgan fingerprint density at radius 3 is 2.65 bits per heavy atom. The lowest BCUT2D eigenvalue weighted by molar-refractivity contribution is 0.191. The molecule has 0 aromatic heterocycles. The van der Waals surface area contributed by atoms with Crippen LogP contribution in [-0.4, -0.2) is 13.7 Å². The van der Waals surface area contributed by atoms with Crippen LogP contribution in [0.4, 0.5) is 0 Å². The molecule has 0 saturated carbocycles. The van der Waals surface area contributed by atoms with Crippen molar-refractivity contribution in [3.8, 4) is 5.75 Å². The van der Waals surface area contributed by atoms with Gasteiger partial charge < -0.3 is 10.1 Å². The zero-order valence-electron chi connectivity index (χ0n) is 11.5. The Morgan fingerprint density at radius 1 is 1.35 bits per heavy atom. The average Bonchev–Trinajstić information content (AvgIpc) is 2.28. The predicted molar refractivity (Wildman–Crippen MR) is 71.7 cm³/mol. The van der Waals surface area contributed by atoms with Gasteiger partial charge in [0.1, 0.15) is 5.75 Å². The second-order valence-electron chi connectivity index (χ2n) is 5.42. The van der Waals surface area contributed by atoms with Crippen molar-refractivity contribution in [3.63, 3.8) is 0 Å². The Kier molecular flexibility index (Phi) is 3.43. The van der Waals surface area contributed by atoms with Crippen molar-refractivity contribution in [2.75, 3.05) is 13.7 Å². The Balaban J connectivity index is 2.60. The highest BCUT2D eigenvalue weighted by molar-refractivity contribution is 5.50. The molecule has 1 aliphatic rings. The molecule has 2 atom stereocenters. The fourth-order valence-corrected chi connectivity index (χ4v) is 2.76. The third kappa shape index (κ3) is 2.06. The molecule has 1 N–H and O–H groups in total. The van der Waals surface area contributed by atoms with Gasteiger partial charge >= 0.3 is 0 Å². The summed E-state index contributed by atoms with van der Waals surface area (Å²) in [6.07, 6.45) is 0. The fourth-order valence-electron chi connectivity index (χ4n) is 2.76. The summed E-state index contributed by atoms with van der Waals surface area (Å²) in [7, 11) is 2.04. The highest BCUT2D eigenvalue weighted by Gasteiger charge is 2.30. The zero-order valence-corrected chi connectivity index (χ0v) is 11.5. The number of benzene rings is 1. The Morgan fingerprint density at radius 2 is 2.06 bits per heavy atom. The number of aryl methyl sites for hydroxylation is 1. The number of nitrogens with one attached hydrogen (secondary N) is 1. The van der Waals surface area contributed by atoms with Crippen LogP contribution in [0.3, 0.4) is 0 Å². The summed E-state index contributed by atoms with van der Waals surface area (Å²) in [5.41, 5.74) is 4.04. The smallest absolute Gasteiger partial charge is 0.127 e. The number of hydrogen-bond acceptors (Lipinski definition) is 2. The molecule has 1 aliphatic heterocycles. The molecule has 17 heavy (non-hydrogen) atoms. The van der Waals surface area contributed by atoms with E-state index in [1.54, 1.807) is 0 Å². The van der Waals surface area contributed by atoms with Crippen LogP contribution in [0.25, 0.3) is 0 Å². The van der Waals surface area contributed by atoms with Crippen LogP contribution >= 0.6 is 0 Å². The van der Waals surface area contributed by atoms with Crippen molar-refractivity contribution >= 4 is 0 Å². The lowest BCUT2D eigenvalue weighted by Gasteiger charge is -2.34. The summed E-state index contributed by atoms with van der Waals surface area (Å²) in [4.78, 5) is 0. The normalized spacial score (nSPS) is 23.4. The number of ether oxygens (including phenoxy) is 1. The Hall–Kier alpha value is -1.02. The molecule has 0 fully saturated rings. The molecule has 0 bridgehead atoms. The number of fused-ring (bicyclic) bond motifs is 1. The molecule has 94 valence electrons. The van der Waals surface area contributed by atoms with Crippen molar-refractivity contribution in [1.29, 1.82) is 0 Å². The van der Waals surface area contributed by atoms with E-state index in [-0.39, 0.29) is 0 Å². The van der Waals surface area contributed by atoms with E-state index in [4.69, 9.17) is 4.74 Å². The van der Waals surface area contributed by atoms with E-state index in [0.29, 0.717) is 17.9 Å². The molecule has 2 rings (SSSR count). The molecular formula is C15H23NO.